The maximum atomic E-state index is 6.07. The summed E-state index contributed by atoms with van der Waals surface area (Å²) in [5.74, 6) is 0.757. The van der Waals surface area contributed by atoms with Gasteiger partial charge in [0.2, 0.25) is 4.80 Å². The number of hydrogen-bond acceptors (Lipinski definition) is 5. The molecule has 1 fully saturated rings. The minimum Gasteiger partial charge on any atom is -0.494 e. The van der Waals surface area contributed by atoms with Gasteiger partial charge in [0.25, 0.3) is 0 Å². The predicted molar refractivity (Wildman–Crippen MR) is 120 cm³/mol. The second-order valence-corrected chi connectivity index (χ2v) is 7.34. The van der Waals surface area contributed by atoms with E-state index in [1.807, 2.05) is 48.5 Å². The SMILES string of the molecule is Br.COc1ccccc1N=c1scc(-c2ccc(Cl)cc2)n1N1CCOCC1. The number of thiazole rings is 1. The molecule has 0 spiro atoms. The summed E-state index contributed by atoms with van der Waals surface area (Å²) in [6, 6.07) is 15.7. The first kappa shape index (κ1) is 20.9. The number of ether oxygens (including phenoxy) is 2. The molecule has 1 aliphatic heterocycles. The summed E-state index contributed by atoms with van der Waals surface area (Å²) in [5, 5.41) is 5.14. The third kappa shape index (κ3) is 4.43. The number of methoxy groups -OCH3 is 1. The molecule has 28 heavy (non-hydrogen) atoms. The second-order valence-electron chi connectivity index (χ2n) is 6.07. The molecule has 4 rings (SSSR count). The molecule has 5 nitrogen and oxygen atoms in total. The van der Waals surface area contributed by atoms with E-state index in [-0.39, 0.29) is 17.0 Å². The van der Waals surface area contributed by atoms with E-state index in [4.69, 9.17) is 26.1 Å². The predicted octanol–water partition coefficient (Wildman–Crippen LogP) is 4.66. The van der Waals surface area contributed by atoms with Crippen molar-refractivity contribution in [2.24, 2.45) is 4.99 Å². The van der Waals surface area contributed by atoms with Crippen molar-refractivity contribution in [2.75, 3.05) is 38.4 Å². The van der Waals surface area contributed by atoms with Crippen LogP contribution in [0.3, 0.4) is 0 Å². The van der Waals surface area contributed by atoms with E-state index in [0.717, 1.165) is 45.6 Å². The molecule has 148 valence electrons. The molecule has 0 N–H and O–H groups in total. The fraction of sp³-hybridized carbons (Fsp3) is 0.250. The highest BCUT2D eigenvalue weighted by Crippen LogP contribution is 2.27. The number of nitrogens with zero attached hydrogens (tertiary/aromatic N) is 3. The van der Waals surface area contributed by atoms with Gasteiger partial charge in [0.1, 0.15) is 11.4 Å². The van der Waals surface area contributed by atoms with Crippen molar-refractivity contribution in [1.29, 1.82) is 0 Å². The van der Waals surface area contributed by atoms with Gasteiger partial charge < -0.3 is 14.5 Å². The molecule has 0 amide bonds. The van der Waals surface area contributed by atoms with Gasteiger partial charge in [0.05, 0.1) is 39.1 Å². The van der Waals surface area contributed by atoms with Crippen LogP contribution in [0.1, 0.15) is 0 Å². The summed E-state index contributed by atoms with van der Waals surface area (Å²) in [4.78, 5) is 5.79. The van der Waals surface area contributed by atoms with Crippen molar-refractivity contribution in [3.8, 4) is 17.0 Å². The summed E-state index contributed by atoms with van der Waals surface area (Å²) in [6.45, 7) is 3.04. The zero-order valence-corrected chi connectivity index (χ0v) is 18.7. The van der Waals surface area contributed by atoms with Gasteiger partial charge in [-0.3, -0.25) is 0 Å². The summed E-state index contributed by atoms with van der Waals surface area (Å²) >= 11 is 7.68. The molecular formula is C20H21BrClN3O2S. The van der Waals surface area contributed by atoms with Crippen LogP contribution in [-0.4, -0.2) is 38.1 Å². The van der Waals surface area contributed by atoms with E-state index >= 15 is 0 Å². The maximum Gasteiger partial charge on any atom is 0.209 e. The average molecular weight is 483 g/mol. The number of para-hydroxylation sites is 2. The molecule has 2 aromatic carbocycles. The molecular weight excluding hydrogens is 462 g/mol. The molecule has 0 atom stereocenters. The van der Waals surface area contributed by atoms with Crippen molar-refractivity contribution in [3.63, 3.8) is 0 Å². The van der Waals surface area contributed by atoms with Gasteiger partial charge in [-0.05, 0) is 24.3 Å². The molecule has 1 saturated heterocycles. The van der Waals surface area contributed by atoms with Crippen LogP contribution in [0.5, 0.6) is 5.75 Å². The van der Waals surface area contributed by atoms with Gasteiger partial charge in [-0.25, -0.2) is 9.67 Å². The standard InChI is InChI=1S/C20H20ClN3O2S.BrH/c1-25-19-5-3-2-4-17(19)22-20-24(23-10-12-26-13-11-23)18(14-27-20)15-6-8-16(21)9-7-15;/h2-9,14H,10-13H2,1H3;1H. The highest BCUT2D eigenvalue weighted by atomic mass is 79.9. The van der Waals surface area contributed by atoms with Crippen molar-refractivity contribution in [3.05, 3.63) is 63.7 Å². The van der Waals surface area contributed by atoms with Crippen molar-refractivity contribution in [1.82, 2.24) is 4.68 Å². The minimum atomic E-state index is 0. The summed E-state index contributed by atoms with van der Waals surface area (Å²) in [5.41, 5.74) is 3.00. The van der Waals surface area contributed by atoms with Crippen molar-refractivity contribution in [2.45, 2.75) is 0 Å². The lowest BCUT2D eigenvalue weighted by Crippen LogP contribution is -2.48. The number of morpholine rings is 1. The van der Waals surface area contributed by atoms with Crippen LogP contribution in [0, 0.1) is 0 Å². The molecule has 3 aromatic rings. The number of aromatic nitrogens is 1. The first-order chi connectivity index (χ1) is 13.3. The Bertz CT molecular complexity index is 982. The number of hydrogen-bond donors (Lipinski definition) is 0. The first-order valence-corrected chi connectivity index (χ1v) is 9.99. The molecule has 8 heteroatoms. The van der Waals surface area contributed by atoms with E-state index in [1.54, 1.807) is 18.4 Å². The number of benzene rings is 2. The van der Waals surface area contributed by atoms with Crippen LogP contribution in [0.4, 0.5) is 5.69 Å². The van der Waals surface area contributed by atoms with Crippen LogP contribution < -0.4 is 14.5 Å². The normalized spacial score (nSPS) is 14.6. The highest BCUT2D eigenvalue weighted by Gasteiger charge is 2.17. The van der Waals surface area contributed by atoms with E-state index in [1.165, 1.54) is 0 Å². The molecule has 0 saturated carbocycles. The molecule has 0 radical (unpaired) electrons. The van der Waals surface area contributed by atoms with Crippen LogP contribution in [0.25, 0.3) is 11.3 Å². The van der Waals surface area contributed by atoms with E-state index in [2.05, 4.69) is 15.1 Å². The Balaban J connectivity index is 0.00000225. The Morgan fingerprint density at radius 1 is 1.07 bits per heavy atom. The molecule has 0 bridgehead atoms. The van der Waals surface area contributed by atoms with Crippen molar-refractivity contribution >= 4 is 45.6 Å². The number of halogens is 2. The van der Waals surface area contributed by atoms with Crippen LogP contribution in [0.15, 0.2) is 58.9 Å². The van der Waals surface area contributed by atoms with E-state index in [0.29, 0.717) is 13.2 Å². The van der Waals surface area contributed by atoms with E-state index < -0.39 is 0 Å². The molecule has 0 unspecified atom stereocenters. The second kappa shape index (κ2) is 9.60. The van der Waals surface area contributed by atoms with Gasteiger partial charge in [0.15, 0.2) is 0 Å². The Kier molecular flexibility index (Phi) is 7.18. The lowest BCUT2D eigenvalue weighted by Gasteiger charge is -2.31. The fourth-order valence-corrected chi connectivity index (χ4v) is 4.09. The van der Waals surface area contributed by atoms with Crippen LogP contribution in [0.2, 0.25) is 5.02 Å². The molecule has 1 aliphatic rings. The van der Waals surface area contributed by atoms with E-state index in [9.17, 15) is 0 Å². The summed E-state index contributed by atoms with van der Waals surface area (Å²) in [7, 11) is 1.66. The molecule has 2 heterocycles. The average Bonchev–Trinajstić information content (AvgIpc) is 3.13. The topological polar surface area (TPSA) is 39.0 Å². The lowest BCUT2D eigenvalue weighted by molar-refractivity contribution is 0.111. The van der Waals surface area contributed by atoms with Crippen LogP contribution >= 0.6 is 39.9 Å². The Labute approximate surface area is 183 Å². The quantitative estimate of drug-likeness (QED) is 0.543. The number of rotatable bonds is 4. The zero-order chi connectivity index (χ0) is 18.6. The third-order valence-corrected chi connectivity index (χ3v) is 5.47. The lowest BCUT2D eigenvalue weighted by atomic mass is 10.2. The summed E-state index contributed by atoms with van der Waals surface area (Å²) < 4.78 is 13.2. The fourth-order valence-electron chi connectivity index (χ4n) is 3.05. The zero-order valence-electron chi connectivity index (χ0n) is 15.4. The van der Waals surface area contributed by atoms with Gasteiger partial charge >= 0.3 is 0 Å². The monoisotopic (exact) mass is 481 g/mol. The highest BCUT2D eigenvalue weighted by molar-refractivity contribution is 8.93. The smallest absolute Gasteiger partial charge is 0.209 e. The molecule has 0 aliphatic carbocycles. The first-order valence-electron chi connectivity index (χ1n) is 8.73. The third-order valence-electron chi connectivity index (χ3n) is 4.40. The minimum absolute atomic E-state index is 0. The Morgan fingerprint density at radius 3 is 2.50 bits per heavy atom. The van der Waals surface area contributed by atoms with Gasteiger partial charge in [-0.1, -0.05) is 35.9 Å². The Morgan fingerprint density at radius 2 is 1.79 bits per heavy atom. The summed E-state index contributed by atoms with van der Waals surface area (Å²) in [6.07, 6.45) is 0. The van der Waals surface area contributed by atoms with Gasteiger partial charge in [-0.15, -0.1) is 28.3 Å². The Hall–Kier alpha value is -1.80. The van der Waals surface area contributed by atoms with Gasteiger partial charge in [-0.2, -0.15) is 0 Å². The van der Waals surface area contributed by atoms with Crippen molar-refractivity contribution < 1.29 is 9.47 Å². The van der Waals surface area contributed by atoms with Crippen LogP contribution in [-0.2, 0) is 4.74 Å². The largest absolute Gasteiger partial charge is 0.494 e. The van der Waals surface area contributed by atoms with Gasteiger partial charge in [0, 0.05) is 16.0 Å². The molecule has 1 aromatic heterocycles. The maximum absolute atomic E-state index is 6.07.